The van der Waals surface area contributed by atoms with E-state index in [9.17, 15) is 18.5 Å². The minimum Gasteiger partial charge on any atom is -0.393 e. The van der Waals surface area contributed by atoms with Crippen LogP contribution in [0.2, 0.25) is 0 Å². The molecular formula is C11H17N3O5S. The van der Waals surface area contributed by atoms with Gasteiger partial charge in [0.15, 0.2) is 0 Å². The van der Waals surface area contributed by atoms with Gasteiger partial charge in [0.25, 0.3) is 5.69 Å². The smallest absolute Gasteiger partial charge is 0.293 e. The Morgan fingerprint density at radius 2 is 2.15 bits per heavy atom. The number of hydrogen-bond acceptors (Lipinski definition) is 6. The molecule has 0 aliphatic heterocycles. The number of ether oxygens (including phenoxy) is 1. The second kappa shape index (κ2) is 6.64. The Hall–Kier alpha value is -1.71. The molecule has 1 atom stereocenters. The maximum atomic E-state index is 12.0. The number of nitrogens with zero attached hydrogens (tertiary/aromatic N) is 1. The third-order valence-corrected chi connectivity index (χ3v) is 4.00. The van der Waals surface area contributed by atoms with E-state index in [0.29, 0.717) is 6.61 Å². The zero-order chi connectivity index (χ0) is 15.3. The molecule has 0 bridgehead atoms. The molecule has 0 aliphatic rings. The van der Waals surface area contributed by atoms with Gasteiger partial charge in [0.05, 0.1) is 9.82 Å². The van der Waals surface area contributed by atoms with Crippen LogP contribution in [0.4, 0.5) is 11.4 Å². The van der Waals surface area contributed by atoms with E-state index < -0.39 is 20.6 Å². The fourth-order valence-electron chi connectivity index (χ4n) is 1.53. The van der Waals surface area contributed by atoms with E-state index >= 15 is 0 Å². The van der Waals surface area contributed by atoms with Crippen molar-refractivity contribution in [3.63, 3.8) is 0 Å². The highest BCUT2D eigenvalue weighted by Crippen LogP contribution is 2.24. The van der Waals surface area contributed by atoms with E-state index in [2.05, 4.69) is 4.72 Å². The molecule has 0 aliphatic carbocycles. The van der Waals surface area contributed by atoms with Gasteiger partial charge in [-0.2, -0.15) is 0 Å². The molecule has 112 valence electrons. The zero-order valence-corrected chi connectivity index (χ0v) is 12.0. The van der Waals surface area contributed by atoms with Crippen molar-refractivity contribution >= 4 is 21.4 Å². The van der Waals surface area contributed by atoms with Gasteiger partial charge in [0, 0.05) is 26.3 Å². The third kappa shape index (κ3) is 4.15. The van der Waals surface area contributed by atoms with Crippen LogP contribution in [0.15, 0.2) is 23.1 Å². The van der Waals surface area contributed by atoms with Crippen LogP contribution < -0.4 is 10.5 Å². The van der Waals surface area contributed by atoms with Gasteiger partial charge in [-0.1, -0.05) is 6.92 Å². The van der Waals surface area contributed by atoms with Crippen molar-refractivity contribution < 1.29 is 18.1 Å². The van der Waals surface area contributed by atoms with Crippen LogP contribution in [0, 0.1) is 16.0 Å². The van der Waals surface area contributed by atoms with E-state index in [0.717, 1.165) is 6.07 Å². The van der Waals surface area contributed by atoms with E-state index in [-0.39, 0.29) is 23.0 Å². The van der Waals surface area contributed by atoms with Crippen molar-refractivity contribution in [1.82, 2.24) is 4.72 Å². The van der Waals surface area contributed by atoms with Gasteiger partial charge < -0.3 is 10.5 Å². The number of methoxy groups -OCH3 is 1. The number of nitrogen functional groups attached to an aromatic ring is 1. The Kier molecular flexibility index (Phi) is 5.43. The second-order valence-corrected chi connectivity index (χ2v) is 6.16. The number of sulfonamides is 1. The van der Waals surface area contributed by atoms with Crippen molar-refractivity contribution in [2.75, 3.05) is 26.0 Å². The first kappa shape index (κ1) is 16.3. The van der Waals surface area contributed by atoms with Gasteiger partial charge in [-0.3, -0.25) is 10.1 Å². The molecule has 1 aromatic carbocycles. The number of nitro benzene ring substituents is 1. The summed E-state index contributed by atoms with van der Waals surface area (Å²) in [6, 6.07) is 3.37. The Morgan fingerprint density at radius 1 is 1.50 bits per heavy atom. The maximum Gasteiger partial charge on any atom is 0.293 e. The van der Waals surface area contributed by atoms with E-state index in [1.54, 1.807) is 0 Å². The quantitative estimate of drug-likeness (QED) is 0.435. The van der Waals surface area contributed by atoms with Crippen LogP contribution >= 0.6 is 0 Å². The van der Waals surface area contributed by atoms with Crippen LogP contribution in [0.5, 0.6) is 0 Å². The molecule has 0 spiro atoms. The molecule has 1 unspecified atom stereocenters. The predicted molar refractivity (Wildman–Crippen MR) is 73.7 cm³/mol. The van der Waals surface area contributed by atoms with E-state index in [1.807, 2.05) is 6.92 Å². The standard InChI is InChI=1S/C11H17N3O5S/c1-8(7-19-2)6-13-20(17,18)9-3-4-10(12)11(5-9)14(15)16/h3-5,8,13H,6-7,12H2,1-2H3. The lowest BCUT2D eigenvalue weighted by atomic mass is 10.2. The molecule has 1 aromatic rings. The topological polar surface area (TPSA) is 125 Å². The highest BCUT2D eigenvalue weighted by Gasteiger charge is 2.20. The number of hydrogen-bond donors (Lipinski definition) is 2. The highest BCUT2D eigenvalue weighted by atomic mass is 32.2. The SMILES string of the molecule is COCC(C)CNS(=O)(=O)c1ccc(N)c([N+](=O)[O-])c1. The number of nitrogens with two attached hydrogens (primary N) is 1. The molecule has 8 nitrogen and oxygen atoms in total. The maximum absolute atomic E-state index is 12.0. The van der Waals surface area contributed by atoms with E-state index in [1.165, 1.54) is 19.2 Å². The minimum absolute atomic E-state index is 0.0152. The number of anilines is 1. The largest absolute Gasteiger partial charge is 0.393 e. The lowest BCUT2D eigenvalue weighted by molar-refractivity contribution is -0.384. The van der Waals surface area contributed by atoms with Gasteiger partial charge in [-0.15, -0.1) is 0 Å². The summed E-state index contributed by atoms with van der Waals surface area (Å²) < 4.78 is 31.3. The summed E-state index contributed by atoms with van der Waals surface area (Å²) in [6.45, 7) is 2.40. The molecular weight excluding hydrogens is 286 g/mol. The van der Waals surface area contributed by atoms with Crippen LogP contribution in [0.3, 0.4) is 0 Å². The predicted octanol–water partition coefficient (Wildman–Crippen LogP) is 0.738. The van der Waals surface area contributed by atoms with Crippen LogP contribution in [0.1, 0.15) is 6.92 Å². The summed E-state index contributed by atoms with van der Waals surface area (Å²) in [5.74, 6) is -0.0152. The fourth-order valence-corrected chi connectivity index (χ4v) is 2.71. The van der Waals surface area contributed by atoms with Crippen LogP contribution in [0.25, 0.3) is 0 Å². The van der Waals surface area contributed by atoms with Crippen molar-refractivity contribution in [1.29, 1.82) is 0 Å². The number of nitrogens with one attached hydrogen (secondary N) is 1. The fraction of sp³-hybridized carbons (Fsp3) is 0.455. The first-order valence-electron chi connectivity index (χ1n) is 5.80. The van der Waals surface area contributed by atoms with Gasteiger partial charge in [-0.05, 0) is 18.1 Å². The minimum atomic E-state index is -3.81. The summed E-state index contributed by atoms with van der Waals surface area (Å²) in [7, 11) is -2.29. The summed E-state index contributed by atoms with van der Waals surface area (Å²) in [5, 5.41) is 10.7. The summed E-state index contributed by atoms with van der Waals surface area (Å²) in [4.78, 5) is 9.83. The first-order valence-corrected chi connectivity index (χ1v) is 7.28. The molecule has 0 fully saturated rings. The van der Waals surface area contributed by atoms with Gasteiger partial charge >= 0.3 is 0 Å². The Morgan fingerprint density at radius 3 is 2.70 bits per heavy atom. The molecule has 20 heavy (non-hydrogen) atoms. The first-order chi connectivity index (χ1) is 9.27. The van der Waals surface area contributed by atoms with Gasteiger partial charge in [0.2, 0.25) is 10.0 Å². The summed E-state index contributed by atoms with van der Waals surface area (Å²) in [5.41, 5.74) is 4.91. The summed E-state index contributed by atoms with van der Waals surface area (Å²) in [6.07, 6.45) is 0. The normalized spacial score (nSPS) is 13.1. The van der Waals surface area contributed by atoms with Gasteiger partial charge in [-0.25, -0.2) is 13.1 Å². The highest BCUT2D eigenvalue weighted by molar-refractivity contribution is 7.89. The average molecular weight is 303 g/mol. The van der Waals surface area contributed by atoms with Crippen molar-refractivity contribution in [2.24, 2.45) is 5.92 Å². The number of rotatable bonds is 7. The second-order valence-electron chi connectivity index (χ2n) is 4.39. The molecule has 0 saturated carbocycles. The lowest BCUT2D eigenvalue weighted by Crippen LogP contribution is -2.30. The Bertz CT molecular complexity index is 588. The molecule has 0 aromatic heterocycles. The molecule has 0 amide bonds. The molecule has 1 rings (SSSR count). The molecule has 3 N–H and O–H groups in total. The van der Waals surface area contributed by atoms with Crippen LogP contribution in [-0.4, -0.2) is 33.6 Å². The summed E-state index contributed by atoms with van der Waals surface area (Å²) >= 11 is 0. The van der Waals surface area contributed by atoms with E-state index in [4.69, 9.17) is 10.5 Å². The number of benzene rings is 1. The zero-order valence-electron chi connectivity index (χ0n) is 11.2. The van der Waals surface area contributed by atoms with Crippen molar-refractivity contribution in [2.45, 2.75) is 11.8 Å². The molecule has 0 heterocycles. The Labute approximate surface area is 117 Å². The van der Waals surface area contributed by atoms with Gasteiger partial charge in [0.1, 0.15) is 5.69 Å². The van der Waals surface area contributed by atoms with Crippen LogP contribution in [-0.2, 0) is 14.8 Å². The Balaban J connectivity index is 2.93. The third-order valence-electron chi connectivity index (χ3n) is 2.58. The molecule has 9 heteroatoms. The number of nitro groups is 1. The van der Waals surface area contributed by atoms with Crippen molar-refractivity contribution in [3.05, 3.63) is 28.3 Å². The average Bonchev–Trinajstić information content (AvgIpc) is 2.37. The monoisotopic (exact) mass is 303 g/mol. The molecule has 0 saturated heterocycles. The molecule has 0 radical (unpaired) electrons. The lowest BCUT2D eigenvalue weighted by Gasteiger charge is -2.12. The van der Waals surface area contributed by atoms with Crippen molar-refractivity contribution in [3.8, 4) is 0 Å².